The Balaban J connectivity index is 1.48. The maximum Gasteiger partial charge on any atom is 0.233 e. The number of amides is 1. The van der Waals surface area contributed by atoms with E-state index in [1.807, 2.05) is 0 Å². The fourth-order valence-electron chi connectivity index (χ4n) is 2.90. The van der Waals surface area contributed by atoms with E-state index in [1.54, 1.807) is 23.1 Å². The third kappa shape index (κ3) is 3.80. The maximum absolute atomic E-state index is 12.1. The summed E-state index contributed by atoms with van der Waals surface area (Å²) in [4.78, 5) is 20.4. The Kier molecular flexibility index (Phi) is 5.21. The first-order valence-corrected chi connectivity index (χ1v) is 9.52. The number of carbonyl (C=O) groups excluding carboxylic acids is 1. The van der Waals surface area contributed by atoms with Gasteiger partial charge in [-0.3, -0.25) is 4.79 Å². The molecule has 3 heterocycles. The van der Waals surface area contributed by atoms with E-state index in [1.165, 1.54) is 4.88 Å². The van der Waals surface area contributed by atoms with Crippen LogP contribution >= 0.6 is 23.1 Å². The molecule has 6 heteroatoms. The molecule has 0 radical (unpaired) electrons. The van der Waals surface area contributed by atoms with Crippen molar-refractivity contribution in [3.63, 3.8) is 0 Å². The first kappa shape index (κ1) is 15.3. The van der Waals surface area contributed by atoms with Crippen LogP contribution in [0.1, 0.15) is 16.7 Å². The molecule has 2 fully saturated rings. The van der Waals surface area contributed by atoms with Crippen molar-refractivity contribution in [2.45, 2.75) is 11.8 Å². The van der Waals surface area contributed by atoms with Crippen molar-refractivity contribution >= 4 is 29.0 Å². The van der Waals surface area contributed by atoms with Gasteiger partial charge in [-0.15, -0.1) is 23.1 Å². The highest BCUT2D eigenvalue weighted by Crippen LogP contribution is 2.40. The zero-order valence-corrected chi connectivity index (χ0v) is 14.2. The van der Waals surface area contributed by atoms with Gasteiger partial charge in [0.15, 0.2) is 0 Å². The summed E-state index contributed by atoms with van der Waals surface area (Å²) in [7, 11) is 2.18. The smallest absolute Gasteiger partial charge is 0.233 e. The summed E-state index contributed by atoms with van der Waals surface area (Å²) in [5, 5.41) is 2.35. The van der Waals surface area contributed by atoms with E-state index in [4.69, 9.17) is 0 Å². The van der Waals surface area contributed by atoms with Crippen molar-refractivity contribution in [2.24, 2.45) is 0 Å². The van der Waals surface area contributed by atoms with Crippen LogP contribution in [0, 0.1) is 0 Å². The van der Waals surface area contributed by atoms with Gasteiger partial charge in [-0.1, -0.05) is 6.07 Å². The molecule has 0 saturated carbocycles. The standard InChI is InChI=1S/C15H23N3OS2/c1-16-7-9-17(10-8-16)5-3-6-18-14(19)12-21-15(18)13-4-2-11-20-13/h2,4,11,15H,3,5-10,12H2,1H3. The van der Waals surface area contributed by atoms with Crippen LogP contribution < -0.4 is 0 Å². The highest BCUT2D eigenvalue weighted by atomic mass is 32.2. The third-order valence-electron chi connectivity index (χ3n) is 4.22. The lowest BCUT2D eigenvalue weighted by Crippen LogP contribution is -2.45. The number of thioether (sulfide) groups is 1. The molecule has 0 N–H and O–H groups in total. The third-order valence-corrected chi connectivity index (χ3v) is 6.54. The van der Waals surface area contributed by atoms with E-state index in [0.717, 1.165) is 45.7 Å². The van der Waals surface area contributed by atoms with Gasteiger partial charge < -0.3 is 14.7 Å². The number of hydrogen-bond acceptors (Lipinski definition) is 5. The molecule has 21 heavy (non-hydrogen) atoms. The largest absolute Gasteiger partial charge is 0.325 e. The molecule has 1 unspecified atom stereocenters. The lowest BCUT2D eigenvalue weighted by atomic mass is 10.3. The normalized spacial score (nSPS) is 24.9. The first-order valence-electron chi connectivity index (χ1n) is 7.59. The summed E-state index contributed by atoms with van der Waals surface area (Å²) in [6.45, 7) is 6.65. The first-order chi connectivity index (χ1) is 10.2. The minimum Gasteiger partial charge on any atom is -0.325 e. The fraction of sp³-hybridized carbons (Fsp3) is 0.667. The lowest BCUT2D eigenvalue weighted by molar-refractivity contribution is -0.128. The molecule has 1 aromatic rings. The Morgan fingerprint density at radius 2 is 2.05 bits per heavy atom. The van der Waals surface area contributed by atoms with Crippen LogP contribution in [0.25, 0.3) is 0 Å². The number of rotatable bonds is 5. The topological polar surface area (TPSA) is 26.8 Å². The van der Waals surface area contributed by atoms with Crippen molar-refractivity contribution in [1.82, 2.24) is 14.7 Å². The number of piperazine rings is 1. The molecule has 3 rings (SSSR count). The van der Waals surface area contributed by atoms with Gasteiger partial charge >= 0.3 is 0 Å². The molecular formula is C15H23N3OS2. The van der Waals surface area contributed by atoms with Gasteiger partial charge in [-0.2, -0.15) is 0 Å². The second kappa shape index (κ2) is 7.13. The number of likely N-dealkylation sites (N-methyl/N-ethyl adjacent to an activating group) is 1. The van der Waals surface area contributed by atoms with E-state index < -0.39 is 0 Å². The lowest BCUT2D eigenvalue weighted by Gasteiger charge is -2.33. The number of nitrogens with zero attached hydrogens (tertiary/aromatic N) is 3. The van der Waals surface area contributed by atoms with Crippen LogP contribution in [0.15, 0.2) is 17.5 Å². The summed E-state index contributed by atoms with van der Waals surface area (Å²) in [6, 6.07) is 4.22. The molecular weight excluding hydrogens is 302 g/mol. The second-order valence-electron chi connectivity index (χ2n) is 5.76. The van der Waals surface area contributed by atoms with Crippen molar-refractivity contribution in [2.75, 3.05) is 52.1 Å². The Morgan fingerprint density at radius 1 is 1.24 bits per heavy atom. The van der Waals surface area contributed by atoms with E-state index in [-0.39, 0.29) is 5.37 Å². The van der Waals surface area contributed by atoms with Gasteiger partial charge in [0.25, 0.3) is 0 Å². The number of thiophene rings is 1. The quantitative estimate of drug-likeness (QED) is 0.827. The Bertz CT molecular complexity index is 457. The molecule has 2 saturated heterocycles. The zero-order chi connectivity index (χ0) is 14.7. The van der Waals surface area contributed by atoms with Crippen molar-refractivity contribution < 1.29 is 4.79 Å². The predicted octanol–water partition coefficient (Wildman–Crippen LogP) is 1.96. The molecule has 1 atom stereocenters. The Hall–Kier alpha value is -0.560. The van der Waals surface area contributed by atoms with Crippen molar-refractivity contribution in [3.8, 4) is 0 Å². The number of hydrogen-bond donors (Lipinski definition) is 0. The van der Waals surface area contributed by atoms with Crippen LogP contribution in [-0.4, -0.2) is 72.7 Å². The average Bonchev–Trinajstić information content (AvgIpc) is 3.12. The molecule has 1 aromatic heterocycles. The fourth-order valence-corrected chi connectivity index (χ4v) is 5.10. The van der Waals surface area contributed by atoms with Gasteiger partial charge in [0.2, 0.25) is 5.91 Å². The van der Waals surface area contributed by atoms with Crippen LogP contribution in [0.3, 0.4) is 0 Å². The Morgan fingerprint density at radius 3 is 2.76 bits per heavy atom. The van der Waals surface area contributed by atoms with E-state index >= 15 is 0 Å². The molecule has 4 nitrogen and oxygen atoms in total. The monoisotopic (exact) mass is 325 g/mol. The highest BCUT2D eigenvalue weighted by molar-refractivity contribution is 8.00. The molecule has 0 spiro atoms. The molecule has 2 aliphatic rings. The van der Waals surface area contributed by atoms with E-state index in [9.17, 15) is 4.79 Å². The summed E-state index contributed by atoms with van der Waals surface area (Å²) in [6.07, 6.45) is 1.08. The van der Waals surface area contributed by atoms with Crippen LogP contribution in [0.2, 0.25) is 0 Å². The summed E-state index contributed by atoms with van der Waals surface area (Å²) in [5.74, 6) is 0.939. The summed E-state index contributed by atoms with van der Waals surface area (Å²) in [5.41, 5.74) is 0. The van der Waals surface area contributed by atoms with E-state index in [2.05, 4.69) is 39.3 Å². The van der Waals surface area contributed by atoms with Gasteiger partial charge in [-0.25, -0.2) is 0 Å². The average molecular weight is 326 g/mol. The summed E-state index contributed by atoms with van der Waals surface area (Å²) < 4.78 is 0. The summed E-state index contributed by atoms with van der Waals surface area (Å²) >= 11 is 3.53. The van der Waals surface area contributed by atoms with Crippen LogP contribution in [-0.2, 0) is 4.79 Å². The van der Waals surface area contributed by atoms with E-state index in [0.29, 0.717) is 11.7 Å². The molecule has 0 bridgehead atoms. The second-order valence-corrected chi connectivity index (χ2v) is 7.81. The Labute approximate surface area is 135 Å². The van der Waals surface area contributed by atoms with Gasteiger partial charge in [0.1, 0.15) is 5.37 Å². The molecule has 0 aliphatic carbocycles. The minimum atomic E-state index is 0.255. The minimum absolute atomic E-state index is 0.255. The molecule has 116 valence electrons. The molecule has 1 amide bonds. The maximum atomic E-state index is 12.1. The number of carbonyl (C=O) groups is 1. The van der Waals surface area contributed by atoms with Gasteiger partial charge in [0.05, 0.1) is 5.75 Å². The van der Waals surface area contributed by atoms with Crippen molar-refractivity contribution in [3.05, 3.63) is 22.4 Å². The SMILES string of the molecule is CN1CCN(CCCN2C(=O)CSC2c2cccs2)CC1. The highest BCUT2D eigenvalue weighted by Gasteiger charge is 2.32. The van der Waals surface area contributed by atoms with Gasteiger partial charge in [-0.05, 0) is 31.5 Å². The molecule has 0 aromatic carbocycles. The zero-order valence-electron chi connectivity index (χ0n) is 12.5. The predicted molar refractivity (Wildman–Crippen MR) is 89.8 cm³/mol. The van der Waals surface area contributed by atoms with Crippen molar-refractivity contribution in [1.29, 1.82) is 0 Å². The molecule has 2 aliphatic heterocycles. The van der Waals surface area contributed by atoms with Crippen LogP contribution in [0.5, 0.6) is 0 Å². The van der Waals surface area contributed by atoms with Gasteiger partial charge in [0, 0.05) is 37.6 Å². The van der Waals surface area contributed by atoms with Crippen LogP contribution in [0.4, 0.5) is 0 Å².